The van der Waals surface area contributed by atoms with Gasteiger partial charge in [0.15, 0.2) is 6.61 Å². The third-order valence-corrected chi connectivity index (χ3v) is 7.15. The Morgan fingerprint density at radius 2 is 1.93 bits per heavy atom. The summed E-state index contributed by atoms with van der Waals surface area (Å²) in [7, 11) is 0. The van der Waals surface area contributed by atoms with E-state index >= 15 is 0 Å². The van der Waals surface area contributed by atoms with Crippen LogP contribution in [0.15, 0.2) is 0 Å². The molecule has 5 fully saturated rings. The molecule has 5 aliphatic rings. The number of amides is 3. The average molecular weight is 396 g/mol. The van der Waals surface area contributed by atoms with Crippen molar-refractivity contribution < 1.29 is 29.0 Å². The topological polar surface area (TPSA) is 113 Å². The van der Waals surface area contributed by atoms with Crippen LogP contribution >= 0.6 is 11.8 Å². The van der Waals surface area contributed by atoms with E-state index in [1.165, 1.54) is 0 Å². The van der Waals surface area contributed by atoms with Crippen molar-refractivity contribution in [1.29, 1.82) is 0 Å². The molecule has 5 rings (SSSR count). The number of rotatable bonds is 6. The molecule has 0 aromatic carbocycles. The lowest BCUT2D eigenvalue weighted by Crippen LogP contribution is -2.58. The van der Waals surface area contributed by atoms with E-state index < -0.39 is 16.9 Å². The first-order valence-corrected chi connectivity index (χ1v) is 10.4. The second kappa shape index (κ2) is 6.77. The minimum atomic E-state index is -0.752. The molecule has 4 bridgehead atoms. The Morgan fingerprint density at radius 3 is 2.52 bits per heavy atom. The van der Waals surface area contributed by atoms with Crippen LogP contribution in [-0.4, -0.2) is 64.1 Å². The number of imide groups is 1. The molecule has 0 aromatic heterocycles. The molecule has 4 aliphatic carbocycles. The molecule has 0 radical (unpaired) electrons. The van der Waals surface area contributed by atoms with Gasteiger partial charge >= 0.3 is 5.97 Å². The molecule has 27 heavy (non-hydrogen) atoms. The SMILES string of the molecule is O=C(COC(=O)C12C[C@@H]3C[C@@H](CC(O)(C3)C1)C2)NCCN1C(=O)CSC1=O. The van der Waals surface area contributed by atoms with Crippen LogP contribution in [-0.2, 0) is 19.1 Å². The Balaban J connectivity index is 1.24. The molecule has 1 saturated heterocycles. The van der Waals surface area contributed by atoms with Crippen molar-refractivity contribution in [2.75, 3.05) is 25.4 Å². The average Bonchev–Trinajstić information content (AvgIpc) is 2.89. The van der Waals surface area contributed by atoms with E-state index in [0.717, 1.165) is 48.8 Å². The zero-order chi connectivity index (χ0) is 19.2. The van der Waals surface area contributed by atoms with Crippen LogP contribution in [0.1, 0.15) is 38.5 Å². The van der Waals surface area contributed by atoms with Crippen molar-refractivity contribution in [3.05, 3.63) is 0 Å². The lowest BCUT2D eigenvalue weighted by Gasteiger charge is -2.58. The summed E-state index contributed by atoms with van der Waals surface area (Å²) in [5.74, 6) is -0.228. The van der Waals surface area contributed by atoms with Gasteiger partial charge < -0.3 is 15.2 Å². The van der Waals surface area contributed by atoms with Gasteiger partial charge in [-0.25, -0.2) is 0 Å². The van der Waals surface area contributed by atoms with Gasteiger partial charge in [0.05, 0.1) is 16.8 Å². The third kappa shape index (κ3) is 3.59. The number of nitrogens with zero attached hydrogens (tertiary/aromatic N) is 1. The molecule has 2 N–H and O–H groups in total. The van der Waals surface area contributed by atoms with Crippen LogP contribution in [0.4, 0.5) is 4.79 Å². The Hall–Kier alpha value is -1.61. The Morgan fingerprint density at radius 1 is 1.22 bits per heavy atom. The summed E-state index contributed by atoms with van der Waals surface area (Å²) in [5, 5.41) is 13.0. The van der Waals surface area contributed by atoms with Crippen molar-refractivity contribution >= 4 is 34.8 Å². The fraction of sp³-hybridized carbons (Fsp3) is 0.778. The number of esters is 1. The maximum absolute atomic E-state index is 12.7. The molecular weight excluding hydrogens is 372 g/mol. The van der Waals surface area contributed by atoms with Gasteiger partial charge in [-0.1, -0.05) is 11.8 Å². The lowest BCUT2D eigenvalue weighted by molar-refractivity contribution is -0.196. The van der Waals surface area contributed by atoms with E-state index in [4.69, 9.17) is 4.74 Å². The Kier molecular flexibility index (Phi) is 4.70. The van der Waals surface area contributed by atoms with Crippen molar-refractivity contribution in [2.45, 2.75) is 44.1 Å². The number of carbonyl (C=O) groups excluding carboxylic acids is 4. The number of thioether (sulfide) groups is 1. The second-order valence-corrected chi connectivity index (χ2v) is 9.42. The van der Waals surface area contributed by atoms with E-state index in [2.05, 4.69) is 5.32 Å². The fourth-order valence-corrected chi connectivity index (χ4v) is 6.44. The number of ether oxygens (including phenoxy) is 1. The number of aliphatic hydroxyl groups is 1. The third-order valence-electron chi connectivity index (χ3n) is 6.30. The van der Waals surface area contributed by atoms with Gasteiger partial charge in [0.2, 0.25) is 5.91 Å². The summed E-state index contributed by atoms with van der Waals surface area (Å²) in [6, 6.07) is 0. The molecule has 4 atom stereocenters. The van der Waals surface area contributed by atoms with Crippen molar-refractivity contribution in [3.8, 4) is 0 Å². The van der Waals surface area contributed by atoms with Crippen LogP contribution < -0.4 is 5.32 Å². The van der Waals surface area contributed by atoms with Gasteiger partial charge in [-0.15, -0.1) is 0 Å². The summed E-state index contributed by atoms with van der Waals surface area (Å²) in [5.41, 5.74) is -1.40. The quantitative estimate of drug-likeness (QED) is 0.635. The van der Waals surface area contributed by atoms with E-state index in [1.807, 2.05) is 0 Å². The van der Waals surface area contributed by atoms with E-state index in [0.29, 0.717) is 18.3 Å². The molecule has 148 valence electrons. The largest absolute Gasteiger partial charge is 0.455 e. The number of carbonyl (C=O) groups is 4. The van der Waals surface area contributed by atoms with Gasteiger partial charge in [0.25, 0.3) is 11.1 Å². The standard InChI is InChI=1S/C18H24N2O6S/c21-13(19-1-2-20-14(22)9-27-16(20)24)8-26-15(23)17-4-11-3-12(5-17)7-18(25,6-11)10-17/h11-12,25H,1-10H2,(H,19,21)/t11-,12+,17?,18?. The minimum absolute atomic E-state index is 0.116. The van der Waals surface area contributed by atoms with Gasteiger partial charge in [-0.2, -0.15) is 0 Å². The fourth-order valence-electron chi connectivity index (χ4n) is 5.69. The Labute approximate surface area is 161 Å². The van der Waals surface area contributed by atoms with E-state index in [-0.39, 0.29) is 42.6 Å². The smallest absolute Gasteiger partial charge is 0.312 e. The molecule has 3 amide bonds. The van der Waals surface area contributed by atoms with Crippen LogP contribution in [0.2, 0.25) is 0 Å². The molecule has 0 spiro atoms. The zero-order valence-corrected chi connectivity index (χ0v) is 15.9. The summed E-state index contributed by atoms with van der Waals surface area (Å²) in [4.78, 5) is 48.7. The molecule has 2 unspecified atom stereocenters. The monoisotopic (exact) mass is 396 g/mol. The van der Waals surface area contributed by atoms with Crippen LogP contribution in [0.5, 0.6) is 0 Å². The summed E-state index contributed by atoms with van der Waals surface area (Å²) < 4.78 is 5.28. The summed E-state index contributed by atoms with van der Waals surface area (Å²) >= 11 is 0.948. The highest BCUT2D eigenvalue weighted by molar-refractivity contribution is 8.14. The first kappa shape index (κ1) is 18.7. The van der Waals surface area contributed by atoms with Crippen molar-refractivity contribution in [3.63, 3.8) is 0 Å². The van der Waals surface area contributed by atoms with Crippen molar-refractivity contribution in [1.82, 2.24) is 10.2 Å². The van der Waals surface area contributed by atoms with Crippen LogP contribution in [0.25, 0.3) is 0 Å². The maximum Gasteiger partial charge on any atom is 0.312 e. The van der Waals surface area contributed by atoms with Gasteiger partial charge in [-0.3, -0.25) is 24.1 Å². The number of hydrogen-bond donors (Lipinski definition) is 2. The highest BCUT2D eigenvalue weighted by atomic mass is 32.2. The maximum atomic E-state index is 12.7. The van der Waals surface area contributed by atoms with Gasteiger partial charge in [0.1, 0.15) is 0 Å². The predicted octanol–water partition coefficient (Wildman–Crippen LogP) is 0.672. The number of nitrogens with one attached hydrogen (secondary N) is 1. The predicted molar refractivity (Wildman–Crippen MR) is 95.6 cm³/mol. The molecule has 4 saturated carbocycles. The first-order valence-electron chi connectivity index (χ1n) is 9.42. The van der Waals surface area contributed by atoms with Crippen molar-refractivity contribution in [2.24, 2.45) is 17.3 Å². The minimum Gasteiger partial charge on any atom is -0.455 e. The zero-order valence-electron chi connectivity index (χ0n) is 15.1. The van der Waals surface area contributed by atoms with Crippen LogP contribution in [0, 0.1) is 17.3 Å². The highest BCUT2D eigenvalue weighted by Crippen LogP contribution is 2.61. The Bertz CT molecular complexity index is 665. The molecule has 0 aromatic rings. The second-order valence-electron chi connectivity index (χ2n) is 8.49. The highest BCUT2D eigenvalue weighted by Gasteiger charge is 2.60. The van der Waals surface area contributed by atoms with Crippen LogP contribution in [0.3, 0.4) is 0 Å². The summed E-state index contributed by atoms with van der Waals surface area (Å²) in [6.45, 7) is -0.140. The molecule has 1 aliphatic heterocycles. The lowest BCUT2D eigenvalue weighted by atomic mass is 9.48. The first-order chi connectivity index (χ1) is 12.8. The molecule has 8 nitrogen and oxygen atoms in total. The van der Waals surface area contributed by atoms with Gasteiger partial charge in [-0.05, 0) is 50.4 Å². The van der Waals surface area contributed by atoms with Gasteiger partial charge in [0, 0.05) is 13.1 Å². The molecule has 9 heteroatoms. The number of hydrogen-bond acceptors (Lipinski definition) is 7. The summed E-state index contributed by atoms with van der Waals surface area (Å²) in [6.07, 6.45) is 4.52. The van der Waals surface area contributed by atoms with E-state index in [9.17, 15) is 24.3 Å². The molecular formula is C18H24N2O6S. The molecule has 1 heterocycles. The van der Waals surface area contributed by atoms with E-state index in [1.54, 1.807) is 0 Å². The normalized spacial score (nSPS) is 37.0.